The molecule has 2 aliphatic carbocycles. The Hall–Kier alpha value is -0.890. The summed E-state index contributed by atoms with van der Waals surface area (Å²) in [5, 5.41) is 0. The third-order valence-corrected chi connectivity index (χ3v) is 9.86. The monoisotopic (exact) mass is 520 g/mol. The number of fused-ring (bicyclic) bond motifs is 1. The normalized spacial score (nSPS) is 17.5. The van der Waals surface area contributed by atoms with Crippen LogP contribution in [0.1, 0.15) is 36.0 Å². The quantitative estimate of drug-likeness (QED) is 0.485. The molecule has 0 radical (unpaired) electrons. The zero-order chi connectivity index (χ0) is 14.9. The number of hydrogen-bond acceptors (Lipinski definition) is 0. The van der Waals surface area contributed by atoms with Gasteiger partial charge in [-0.25, -0.2) is 0 Å². The molecule has 2 aromatic carbocycles. The van der Waals surface area contributed by atoms with Crippen LogP contribution >= 0.6 is 0 Å². The summed E-state index contributed by atoms with van der Waals surface area (Å²) in [7, 11) is 0. The first-order valence-corrected chi connectivity index (χ1v) is 11.5. The van der Waals surface area contributed by atoms with Crippen LogP contribution in [0.4, 0.5) is 0 Å². The van der Waals surface area contributed by atoms with Crippen LogP contribution in [0.5, 0.6) is 0 Å². The van der Waals surface area contributed by atoms with E-state index in [-0.39, 0.29) is 24.8 Å². The first-order valence-electron chi connectivity index (χ1n) is 7.86. The molecule has 24 heavy (non-hydrogen) atoms. The van der Waals surface area contributed by atoms with Gasteiger partial charge in [0, 0.05) is 0 Å². The molecular formula is C21H18Cl2Hf. The molecule has 0 bridgehead atoms. The Kier molecular flexibility index (Phi) is 6.86. The third kappa shape index (κ3) is 3.54. The summed E-state index contributed by atoms with van der Waals surface area (Å²) in [6.45, 7) is 2.37. The Balaban J connectivity index is 0.00000104. The Morgan fingerprint density at radius 3 is 2.33 bits per heavy atom. The van der Waals surface area contributed by atoms with Gasteiger partial charge < -0.3 is 24.8 Å². The molecule has 0 amide bonds. The third-order valence-electron chi connectivity index (χ3n) is 4.54. The predicted molar refractivity (Wildman–Crippen MR) is 90.0 cm³/mol. The molecule has 0 saturated heterocycles. The van der Waals surface area contributed by atoms with E-state index >= 15 is 0 Å². The summed E-state index contributed by atoms with van der Waals surface area (Å²) in [6.07, 6.45) is 8.08. The minimum atomic E-state index is -0.972. The van der Waals surface area contributed by atoms with Crippen LogP contribution in [0, 0.1) is 0 Å². The van der Waals surface area contributed by atoms with Crippen molar-refractivity contribution in [1.82, 2.24) is 0 Å². The van der Waals surface area contributed by atoms with Gasteiger partial charge >= 0.3 is 144 Å². The average Bonchev–Trinajstić information content (AvgIpc) is 3.17. The number of hydrogen-bond donors (Lipinski definition) is 0. The first-order chi connectivity index (χ1) is 10.8. The van der Waals surface area contributed by atoms with Crippen LogP contribution in [-0.2, 0) is 22.9 Å². The van der Waals surface area contributed by atoms with Gasteiger partial charge in [-0.05, 0) is 0 Å². The van der Waals surface area contributed by atoms with Gasteiger partial charge in [-0.1, -0.05) is 0 Å². The van der Waals surface area contributed by atoms with Gasteiger partial charge in [0.05, 0.1) is 0 Å². The molecule has 2 aliphatic rings. The fourth-order valence-electron chi connectivity index (χ4n) is 3.47. The molecule has 120 valence electrons. The van der Waals surface area contributed by atoms with Gasteiger partial charge in [0.2, 0.25) is 0 Å². The molecular weight excluding hydrogens is 502 g/mol. The molecule has 0 heterocycles. The summed E-state index contributed by atoms with van der Waals surface area (Å²) >= 11 is -0.972. The molecule has 0 N–H and O–H groups in total. The van der Waals surface area contributed by atoms with E-state index < -0.39 is 22.9 Å². The van der Waals surface area contributed by atoms with Crippen molar-refractivity contribution in [3.63, 3.8) is 0 Å². The molecule has 1 unspecified atom stereocenters. The van der Waals surface area contributed by atoms with Gasteiger partial charge in [0.1, 0.15) is 0 Å². The zero-order valence-corrected chi connectivity index (χ0v) is 18.6. The Morgan fingerprint density at radius 2 is 1.62 bits per heavy atom. The van der Waals surface area contributed by atoms with Crippen LogP contribution in [0.15, 0.2) is 76.2 Å². The van der Waals surface area contributed by atoms with E-state index in [4.69, 9.17) is 0 Å². The van der Waals surface area contributed by atoms with Crippen LogP contribution in [-0.4, -0.2) is 0 Å². The minimum Gasteiger partial charge on any atom is -1.00 e. The smallest absolute Gasteiger partial charge is 1.00 e. The van der Waals surface area contributed by atoms with Crippen LogP contribution < -0.4 is 24.8 Å². The maximum atomic E-state index is 2.37. The van der Waals surface area contributed by atoms with Crippen molar-refractivity contribution in [2.75, 3.05) is 0 Å². The van der Waals surface area contributed by atoms with Crippen LogP contribution in [0.3, 0.4) is 0 Å². The molecule has 0 saturated carbocycles. The van der Waals surface area contributed by atoms with E-state index in [0.29, 0.717) is 5.92 Å². The number of rotatable bonds is 3. The van der Waals surface area contributed by atoms with E-state index in [2.05, 4.69) is 79.7 Å². The standard InChI is InChI=1S/C16H13.C5H5.2ClH.Hf/c1-12-15-10-6-5-9-14(15)11-16(12)13-7-3-2-4-8-13;1-2-4-5-3-1;;;/h2-10,12H,1H3;1-3H,4H2;2*1H;/q;;;;+2/p-2. The van der Waals surface area contributed by atoms with E-state index in [0.717, 1.165) is 0 Å². The number of benzene rings is 2. The number of halogens is 2. The summed E-state index contributed by atoms with van der Waals surface area (Å²) in [6, 6.07) is 20.1. The predicted octanol–water partition coefficient (Wildman–Crippen LogP) is -0.394. The molecule has 4 rings (SSSR count). The van der Waals surface area contributed by atoms with Crippen molar-refractivity contribution in [1.29, 1.82) is 0 Å². The summed E-state index contributed by atoms with van der Waals surface area (Å²) in [4.78, 5) is 0. The average molecular weight is 520 g/mol. The van der Waals surface area contributed by atoms with Crippen LogP contribution in [0.25, 0.3) is 8.90 Å². The topological polar surface area (TPSA) is 0 Å². The molecule has 0 aromatic heterocycles. The maximum Gasteiger partial charge on any atom is -1.00 e. The van der Waals surface area contributed by atoms with Crippen molar-refractivity contribution in [2.24, 2.45) is 0 Å². The van der Waals surface area contributed by atoms with Gasteiger partial charge in [0.15, 0.2) is 0 Å². The van der Waals surface area contributed by atoms with E-state index in [1.807, 2.05) is 0 Å². The number of allylic oxidation sites excluding steroid dienone is 5. The molecule has 0 aliphatic heterocycles. The Labute approximate surface area is 167 Å². The van der Waals surface area contributed by atoms with E-state index in [1.165, 1.54) is 23.1 Å². The van der Waals surface area contributed by atoms with Gasteiger partial charge in [-0.2, -0.15) is 0 Å². The molecule has 1 atom stereocenters. The van der Waals surface area contributed by atoms with Gasteiger partial charge in [0.25, 0.3) is 0 Å². The fourth-order valence-corrected chi connectivity index (χ4v) is 9.14. The minimum absolute atomic E-state index is 0. The zero-order valence-electron chi connectivity index (χ0n) is 13.5. The second-order valence-corrected chi connectivity index (χ2v) is 10.9. The van der Waals surface area contributed by atoms with Gasteiger partial charge in [-0.15, -0.1) is 0 Å². The summed E-state index contributed by atoms with van der Waals surface area (Å²) in [5.41, 5.74) is 6.07. The van der Waals surface area contributed by atoms with Crippen LogP contribution in [0.2, 0.25) is 0 Å². The largest absolute Gasteiger partial charge is 1.00 e. The molecule has 2 aromatic rings. The molecule has 0 spiro atoms. The summed E-state index contributed by atoms with van der Waals surface area (Å²) < 4.78 is 3.43. The fraction of sp³-hybridized carbons (Fsp3) is 0.143. The molecule has 3 heteroatoms. The molecule has 0 nitrogen and oxygen atoms in total. The van der Waals surface area contributed by atoms with Gasteiger partial charge in [-0.3, -0.25) is 0 Å². The second kappa shape index (κ2) is 8.47. The van der Waals surface area contributed by atoms with Crippen molar-refractivity contribution in [2.45, 2.75) is 19.3 Å². The Bertz CT molecular complexity index is 804. The van der Waals surface area contributed by atoms with Crippen molar-refractivity contribution in [3.8, 4) is 0 Å². The SMILES string of the molecule is CC1C(c2ccccc2)=[C]([Hf+2][C]2=CC=CC2)c2ccccc21.[Cl-].[Cl-]. The summed E-state index contributed by atoms with van der Waals surface area (Å²) in [5.74, 6) is 0.524. The maximum absolute atomic E-state index is 2.37. The van der Waals surface area contributed by atoms with Crippen molar-refractivity contribution in [3.05, 3.63) is 92.8 Å². The second-order valence-electron chi connectivity index (χ2n) is 5.91. The first kappa shape index (κ1) is 19.4. The van der Waals surface area contributed by atoms with E-state index in [1.54, 1.807) is 12.2 Å². The van der Waals surface area contributed by atoms with E-state index in [9.17, 15) is 0 Å². The van der Waals surface area contributed by atoms with Crippen molar-refractivity contribution >= 4 is 8.90 Å². The molecule has 0 fully saturated rings. The Morgan fingerprint density at radius 1 is 0.917 bits per heavy atom. The van der Waals surface area contributed by atoms with Crippen molar-refractivity contribution < 1.29 is 47.7 Å².